The molecule has 2 aromatic rings. The largest absolute Gasteiger partial charge is 0.323 e. The Morgan fingerprint density at radius 2 is 2.00 bits per heavy atom. The maximum atomic E-state index is 5.92. The Labute approximate surface area is 83.8 Å². The number of hydrogen-bond donors (Lipinski definition) is 1. The summed E-state index contributed by atoms with van der Waals surface area (Å²) in [4.78, 5) is 4.35. The zero-order valence-electron chi connectivity index (χ0n) is 8.27. The third-order valence-electron chi connectivity index (χ3n) is 2.47. The molecular weight excluding hydrogens is 172 g/mol. The Bertz CT molecular complexity index is 437. The predicted octanol–water partition coefficient (Wildman–Crippen LogP) is 2.64. The van der Waals surface area contributed by atoms with Crippen LogP contribution in [0.3, 0.4) is 0 Å². The summed E-state index contributed by atoms with van der Waals surface area (Å²) >= 11 is 0. The van der Waals surface area contributed by atoms with Crippen molar-refractivity contribution in [1.29, 1.82) is 0 Å². The molecule has 1 unspecified atom stereocenters. The van der Waals surface area contributed by atoms with E-state index in [9.17, 15) is 0 Å². The van der Waals surface area contributed by atoms with Crippen molar-refractivity contribution < 1.29 is 0 Å². The summed E-state index contributed by atoms with van der Waals surface area (Å²) in [5.41, 5.74) is 6.90. The molecule has 2 rings (SSSR count). The van der Waals surface area contributed by atoms with Crippen LogP contribution in [0, 0.1) is 0 Å². The number of benzene rings is 1. The molecule has 0 radical (unpaired) electrons. The van der Waals surface area contributed by atoms with Crippen LogP contribution >= 0.6 is 0 Å². The van der Waals surface area contributed by atoms with Gasteiger partial charge in [-0.05, 0) is 17.9 Å². The Kier molecular flexibility index (Phi) is 2.46. The summed E-state index contributed by atoms with van der Waals surface area (Å²) in [6, 6.07) is 10.3. The van der Waals surface area contributed by atoms with E-state index >= 15 is 0 Å². The van der Waals surface area contributed by atoms with Crippen molar-refractivity contribution in [3.8, 4) is 0 Å². The van der Waals surface area contributed by atoms with E-state index < -0.39 is 0 Å². The fraction of sp³-hybridized carbons (Fsp3) is 0.250. The Morgan fingerprint density at radius 3 is 2.71 bits per heavy atom. The molecule has 0 aliphatic rings. The number of fused-ring (bicyclic) bond motifs is 1. The van der Waals surface area contributed by atoms with E-state index in [0.717, 1.165) is 12.1 Å². The van der Waals surface area contributed by atoms with Crippen molar-refractivity contribution in [2.75, 3.05) is 0 Å². The topological polar surface area (TPSA) is 38.9 Å². The average Bonchev–Trinajstić information content (AvgIpc) is 2.27. The van der Waals surface area contributed by atoms with Crippen LogP contribution in [0.5, 0.6) is 0 Å². The highest BCUT2D eigenvalue weighted by atomic mass is 14.8. The normalized spacial score (nSPS) is 13.0. The summed E-state index contributed by atoms with van der Waals surface area (Å²) in [6.07, 6.45) is 2.81. The second-order valence-corrected chi connectivity index (χ2v) is 3.47. The standard InChI is InChI=1S/C12H14N2/c1-2-11(13)12-7-9-5-3-4-6-10(9)8-14-12/h3-8,11H,2,13H2,1H3. The summed E-state index contributed by atoms with van der Waals surface area (Å²) in [5.74, 6) is 0. The van der Waals surface area contributed by atoms with Crippen molar-refractivity contribution in [2.45, 2.75) is 19.4 Å². The van der Waals surface area contributed by atoms with Crippen LogP contribution < -0.4 is 5.73 Å². The minimum absolute atomic E-state index is 0.0552. The molecule has 1 atom stereocenters. The van der Waals surface area contributed by atoms with Gasteiger partial charge >= 0.3 is 0 Å². The van der Waals surface area contributed by atoms with Crippen LogP contribution in [0.15, 0.2) is 36.5 Å². The van der Waals surface area contributed by atoms with Crippen molar-refractivity contribution >= 4 is 10.8 Å². The Balaban J connectivity index is 2.51. The van der Waals surface area contributed by atoms with Crippen LogP contribution in [0.1, 0.15) is 25.1 Å². The molecule has 0 bridgehead atoms. The quantitative estimate of drug-likeness (QED) is 0.783. The second kappa shape index (κ2) is 3.76. The molecule has 0 spiro atoms. The zero-order chi connectivity index (χ0) is 9.97. The van der Waals surface area contributed by atoms with E-state index in [1.165, 1.54) is 10.8 Å². The lowest BCUT2D eigenvalue weighted by molar-refractivity contribution is 0.677. The molecule has 1 aromatic carbocycles. The monoisotopic (exact) mass is 186 g/mol. The van der Waals surface area contributed by atoms with Crippen LogP contribution in [0.25, 0.3) is 10.8 Å². The first-order valence-corrected chi connectivity index (χ1v) is 4.91. The van der Waals surface area contributed by atoms with Gasteiger partial charge < -0.3 is 5.73 Å². The molecule has 1 aromatic heterocycles. The summed E-state index contributed by atoms with van der Waals surface area (Å²) in [5, 5.41) is 2.38. The van der Waals surface area contributed by atoms with E-state index in [-0.39, 0.29) is 6.04 Å². The molecule has 0 aliphatic carbocycles. The first-order valence-electron chi connectivity index (χ1n) is 4.91. The van der Waals surface area contributed by atoms with Gasteiger partial charge in [0.2, 0.25) is 0 Å². The number of rotatable bonds is 2. The fourth-order valence-electron chi connectivity index (χ4n) is 1.51. The number of aromatic nitrogens is 1. The maximum absolute atomic E-state index is 5.92. The van der Waals surface area contributed by atoms with Gasteiger partial charge in [-0.15, -0.1) is 0 Å². The summed E-state index contributed by atoms with van der Waals surface area (Å²) in [6.45, 7) is 2.07. The maximum Gasteiger partial charge on any atom is 0.0577 e. The third kappa shape index (κ3) is 1.61. The number of hydrogen-bond acceptors (Lipinski definition) is 2. The van der Waals surface area contributed by atoms with E-state index in [1.807, 2.05) is 18.3 Å². The van der Waals surface area contributed by atoms with Crippen molar-refractivity contribution in [1.82, 2.24) is 4.98 Å². The Hall–Kier alpha value is -1.41. The molecule has 0 fully saturated rings. The minimum Gasteiger partial charge on any atom is -0.323 e. The SMILES string of the molecule is CCC(N)c1cc2ccccc2cn1. The van der Waals surface area contributed by atoms with Gasteiger partial charge in [0.15, 0.2) is 0 Å². The van der Waals surface area contributed by atoms with Gasteiger partial charge in [0.1, 0.15) is 0 Å². The van der Waals surface area contributed by atoms with E-state index in [1.54, 1.807) is 0 Å². The highest BCUT2D eigenvalue weighted by Crippen LogP contribution is 2.17. The number of nitrogens with zero attached hydrogens (tertiary/aromatic N) is 1. The molecule has 72 valence electrons. The van der Waals surface area contributed by atoms with Gasteiger partial charge in [0, 0.05) is 17.6 Å². The summed E-state index contributed by atoms with van der Waals surface area (Å²) < 4.78 is 0. The number of nitrogens with two attached hydrogens (primary N) is 1. The van der Waals surface area contributed by atoms with Gasteiger partial charge in [-0.25, -0.2) is 0 Å². The predicted molar refractivity (Wildman–Crippen MR) is 59.0 cm³/mol. The molecule has 2 heteroatoms. The van der Waals surface area contributed by atoms with Gasteiger partial charge in [-0.2, -0.15) is 0 Å². The average molecular weight is 186 g/mol. The van der Waals surface area contributed by atoms with E-state index in [0.29, 0.717) is 0 Å². The first-order chi connectivity index (χ1) is 6.81. The highest BCUT2D eigenvalue weighted by molar-refractivity contribution is 5.81. The van der Waals surface area contributed by atoms with E-state index in [4.69, 9.17) is 5.73 Å². The molecule has 2 N–H and O–H groups in total. The lowest BCUT2D eigenvalue weighted by Gasteiger charge is -2.08. The minimum atomic E-state index is 0.0552. The Morgan fingerprint density at radius 1 is 1.29 bits per heavy atom. The summed E-state index contributed by atoms with van der Waals surface area (Å²) in [7, 11) is 0. The lowest BCUT2D eigenvalue weighted by Crippen LogP contribution is -2.10. The third-order valence-corrected chi connectivity index (χ3v) is 2.47. The van der Waals surface area contributed by atoms with Crippen LogP contribution in [-0.2, 0) is 0 Å². The van der Waals surface area contributed by atoms with Gasteiger partial charge in [0.05, 0.1) is 5.69 Å². The fourth-order valence-corrected chi connectivity index (χ4v) is 1.51. The van der Waals surface area contributed by atoms with Crippen LogP contribution in [0.4, 0.5) is 0 Å². The number of pyridine rings is 1. The zero-order valence-corrected chi connectivity index (χ0v) is 8.27. The van der Waals surface area contributed by atoms with Gasteiger partial charge in [-0.1, -0.05) is 31.2 Å². The van der Waals surface area contributed by atoms with Gasteiger partial charge in [0.25, 0.3) is 0 Å². The van der Waals surface area contributed by atoms with Crippen molar-refractivity contribution in [3.63, 3.8) is 0 Å². The molecule has 0 saturated heterocycles. The van der Waals surface area contributed by atoms with Crippen LogP contribution in [-0.4, -0.2) is 4.98 Å². The van der Waals surface area contributed by atoms with Crippen molar-refractivity contribution in [3.05, 3.63) is 42.2 Å². The van der Waals surface area contributed by atoms with Crippen LogP contribution in [0.2, 0.25) is 0 Å². The molecule has 2 nitrogen and oxygen atoms in total. The lowest BCUT2D eigenvalue weighted by atomic mass is 10.1. The smallest absolute Gasteiger partial charge is 0.0577 e. The van der Waals surface area contributed by atoms with E-state index in [2.05, 4.69) is 30.1 Å². The molecule has 0 amide bonds. The second-order valence-electron chi connectivity index (χ2n) is 3.47. The molecule has 0 saturated carbocycles. The first kappa shape index (κ1) is 9.16. The molecular formula is C12H14N2. The molecule has 14 heavy (non-hydrogen) atoms. The molecule has 0 aliphatic heterocycles. The molecule has 1 heterocycles. The highest BCUT2D eigenvalue weighted by Gasteiger charge is 2.04. The van der Waals surface area contributed by atoms with Crippen molar-refractivity contribution in [2.24, 2.45) is 5.73 Å². The van der Waals surface area contributed by atoms with Gasteiger partial charge in [-0.3, -0.25) is 4.98 Å².